The average molecular weight is 174 g/mol. The van der Waals surface area contributed by atoms with Crippen molar-refractivity contribution in [2.75, 3.05) is 13.2 Å². The first kappa shape index (κ1) is 11.6. The van der Waals surface area contributed by atoms with Crippen LogP contribution in [0.4, 0.5) is 0 Å². The molecule has 0 rings (SSSR count). The van der Waals surface area contributed by atoms with Crippen LogP contribution in [0.5, 0.6) is 0 Å². The first-order valence-corrected chi connectivity index (χ1v) is 4.30. The van der Waals surface area contributed by atoms with Gasteiger partial charge in [-0.05, 0) is 13.8 Å². The third-order valence-corrected chi connectivity index (χ3v) is 1.46. The first-order valence-electron chi connectivity index (χ1n) is 4.30. The van der Waals surface area contributed by atoms with Crippen molar-refractivity contribution in [2.24, 2.45) is 0 Å². The van der Waals surface area contributed by atoms with Crippen LogP contribution in [0.25, 0.3) is 0 Å². The molecule has 0 saturated carbocycles. The number of aliphatic hydroxyl groups is 1. The molecule has 0 aliphatic heterocycles. The molecule has 0 spiro atoms. The summed E-state index contributed by atoms with van der Waals surface area (Å²) in [6, 6.07) is 0. The number of ether oxygens (including phenoxy) is 2. The van der Waals surface area contributed by atoms with E-state index in [0.29, 0.717) is 19.6 Å². The Balaban J connectivity index is 3.78. The lowest BCUT2D eigenvalue weighted by molar-refractivity contribution is -0.356. The van der Waals surface area contributed by atoms with Gasteiger partial charge in [0.1, 0.15) is 0 Å². The lowest BCUT2D eigenvalue weighted by Crippen LogP contribution is -2.35. The minimum Gasteiger partial charge on any atom is -0.343 e. The van der Waals surface area contributed by atoms with Crippen LogP contribution in [-0.4, -0.2) is 24.3 Å². The standard InChI is InChI=1S/C9H18O3/c1-4-7-8-12-9(10,5-2)11-6-3/h4,7,10H,5-6,8H2,1-3H3. The zero-order valence-corrected chi connectivity index (χ0v) is 8.04. The van der Waals surface area contributed by atoms with Crippen LogP contribution in [0.1, 0.15) is 27.2 Å². The fourth-order valence-corrected chi connectivity index (χ4v) is 0.746. The highest BCUT2D eigenvalue weighted by Gasteiger charge is 2.24. The summed E-state index contributed by atoms with van der Waals surface area (Å²) in [4.78, 5) is 0. The second-order valence-electron chi connectivity index (χ2n) is 2.38. The first-order chi connectivity index (χ1) is 5.68. The summed E-state index contributed by atoms with van der Waals surface area (Å²) in [6.45, 7) is 6.35. The Kier molecular flexibility index (Phi) is 5.98. The van der Waals surface area contributed by atoms with Crippen molar-refractivity contribution in [1.29, 1.82) is 0 Å². The van der Waals surface area contributed by atoms with Crippen molar-refractivity contribution in [3.05, 3.63) is 12.2 Å². The number of hydrogen-bond donors (Lipinski definition) is 1. The van der Waals surface area contributed by atoms with Gasteiger partial charge in [-0.3, -0.25) is 0 Å². The van der Waals surface area contributed by atoms with Crippen LogP contribution < -0.4 is 0 Å². The van der Waals surface area contributed by atoms with Crippen LogP contribution in [0.2, 0.25) is 0 Å². The van der Waals surface area contributed by atoms with Gasteiger partial charge in [0.15, 0.2) is 0 Å². The van der Waals surface area contributed by atoms with E-state index >= 15 is 0 Å². The molecule has 0 saturated heterocycles. The topological polar surface area (TPSA) is 38.7 Å². The third kappa shape index (κ3) is 4.49. The summed E-state index contributed by atoms with van der Waals surface area (Å²) in [7, 11) is 0. The van der Waals surface area contributed by atoms with Gasteiger partial charge in [0.25, 0.3) is 5.97 Å². The van der Waals surface area contributed by atoms with Crippen molar-refractivity contribution in [2.45, 2.75) is 33.2 Å². The van der Waals surface area contributed by atoms with E-state index in [0.717, 1.165) is 0 Å². The molecule has 72 valence electrons. The SMILES string of the molecule is CC=CCOC(O)(CC)OCC. The van der Waals surface area contributed by atoms with Crippen LogP contribution in [0, 0.1) is 0 Å². The average Bonchev–Trinajstić information content (AvgIpc) is 2.06. The fourth-order valence-electron chi connectivity index (χ4n) is 0.746. The molecule has 0 bridgehead atoms. The van der Waals surface area contributed by atoms with Gasteiger partial charge in [-0.25, -0.2) is 0 Å². The second-order valence-corrected chi connectivity index (χ2v) is 2.38. The van der Waals surface area contributed by atoms with E-state index in [4.69, 9.17) is 9.47 Å². The number of rotatable bonds is 6. The van der Waals surface area contributed by atoms with E-state index < -0.39 is 5.97 Å². The van der Waals surface area contributed by atoms with Gasteiger partial charge in [0, 0.05) is 13.0 Å². The maximum Gasteiger partial charge on any atom is 0.280 e. The molecular weight excluding hydrogens is 156 g/mol. The van der Waals surface area contributed by atoms with E-state index in [2.05, 4.69) is 0 Å². The molecule has 0 fully saturated rings. The highest BCUT2D eigenvalue weighted by Crippen LogP contribution is 2.13. The predicted molar refractivity (Wildman–Crippen MR) is 47.6 cm³/mol. The summed E-state index contributed by atoms with van der Waals surface area (Å²) in [6.07, 6.45) is 4.11. The Bertz CT molecular complexity index is 134. The Hall–Kier alpha value is -0.380. The maximum absolute atomic E-state index is 9.57. The molecule has 1 unspecified atom stereocenters. The van der Waals surface area contributed by atoms with Crippen molar-refractivity contribution in [1.82, 2.24) is 0 Å². The number of hydrogen-bond acceptors (Lipinski definition) is 3. The molecule has 12 heavy (non-hydrogen) atoms. The summed E-state index contributed by atoms with van der Waals surface area (Å²) in [5, 5.41) is 9.57. The molecule has 3 heteroatoms. The molecule has 0 amide bonds. The van der Waals surface area contributed by atoms with E-state index in [9.17, 15) is 5.11 Å². The smallest absolute Gasteiger partial charge is 0.280 e. The normalized spacial score (nSPS) is 16.7. The van der Waals surface area contributed by atoms with Gasteiger partial charge in [0.2, 0.25) is 0 Å². The molecular formula is C9H18O3. The highest BCUT2D eigenvalue weighted by atomic mass is 16.8. The molecule has 0 aromatic rings. The van der Waals surface area contributed by atoms with Gasteiger partial charge in [-0.15, -0.1) is 0 Å². The largest absolute Gasteiger partial charge is 0.343 e. The number of allylic oxidation sites excluding steroid dienone is 1. The van der Waals surface area contributed by atoms with Crippen molar-refractivity contribution in [3.8, 4) is 0 Å². The maximum atomic E-state index is 9.57. The lowest BCUT2D eigenvalue weighted by atomic mass is 10.4. The van der Waals surface area contributed by atoms with E-state index in [1.54, 1.807) is 0 Å². The lowest BCUT2D eigenvalue weighted by Gasteiger charge is -2.25. The second kappa shape index (κ2) is 6.17. The van der Waals surface area contributed by atoms with Crippen molar-refractivity contribution >= 4 is 0 Å². The molecule has 1 N–H and O–H groups in total. The molecule has 0 aliphatic rings. The summed E-state index contributed by atoms with van der Waals surface area (Å²) in [5.41, 5.74) is 0. The van der Waals surface area contributed by atoms with Crippen LogP contribution in [0.3, 0.4) is 0 Å². The van der Waals surface area contributed by atoms with Gasteiger partial charge in [-0.1, -0.05) is 19.1 Å². The Morgan fingerprint density at radius 3 is 2.42 bits per heavy atom. The monoisotopic (exact) mass is 174 g/mol. The minimum atomic E-state index is -1.41. The summed E-state index contributed by atoms with van der Waals surface area (Å²) < 4.78 is 10.1. The van der Waals surface area contributed by atoms with E-state index in [1.165, 1.54) is 0 Å². The van der Waals surface area contributed by atoms with Gasteiger partial charge < -0.3 is 14.6 Å². The van der Waals surface area contributed by atoms with Crippen LogP contribution >= 0.6 is 0 Å². The van der Waals surface area contributed by atoms with Gasteiger partial charge in [-0.2, -0.15) is 0 Å². The zero-order valence-electron chi connectivity index (χ0n) is 8.04. The Labute approximate surface area is 74.0 Å². The molecule has 0 aromatic heterocycles. The van der Waals surface area contributed by atoms with Crippen LogP contribution in [0.15, 0.2) is 12.2 Å². The van der Waals surface area contributed by atoms with Gasteiger partial charge in [0.05, 0.1) is 6.61 Å². The van der Waals surface area contributed by atoms with Gasteiger partial charge >= 0.3 is 0 Å². The molecule has 0 radical (unpaired) electrons. The molecule has 3 nitrogen and oxygen atoms in total. The zero-order chi connectivity index (χ0) is 9.45. The minimum absolute atomic E-state index is 0.376. The van der Waals surface area contributed by atoms with Crippen molar-refractivity contribution in [3.63, 3.8) is 0 Å². The Morgan fingerprint density at radius 2 is 2.00 bits per heavy atom. The fraction of sp³-hybridized carbons (Fsp3) is 0.778. The predicted octanol–water partition coefficient (Wildman–Crippen LogP) is 1.67. The third-order valence-electron chi connectivity index (χ3n) is 1.46. The summed E-state index contributed by atoms with van der Waals surface area (Å²) >= 11 is 0. The molecule has 1 atom stereocenters. The molecule has 0 aromatic carbocycles. The Morgan fingerprint density at radius 1 is 1.33 bits per heavy atom. The highest BCUT2D eigenvalue weighted by molar-refractivity contribution is 4.76. The van der Waals surface area contributed by atoms with E-state index in [-0.39, 0.29) is 0 Å². The summed E-state index contributed by atoms with van der Waals surface area (Å²) in [5.74, 6) is -1.41. The van der Waals surface area contributed by atoms with Crippen LogP contribution in [-0.2, 0) is 9.47 Å². The molecule has 0 heterocycles. The quantitative estimate of drug-likeness (QED) is 0.491. The molecule has 0 aliphatic carbocycles. The van der Waals surface area contributed by atoms with Crippen molar-refractivity contribution < 1.29 is 14.6 Å². The van der Waals surface area contributed by atoms with E-state index in [1.807, 2.05) is 32.9 Å².